The van der Waals surface area contributed by atoms with Crippen LogP contribution in [0.25, 0.3) is 6.08 Å². The maximum atomic E-state index is 11.9. The average molecular weight is 310 g/mol. The molecule has 0 spiro atoms. The summed E-state index contributed by atoms with van der Waals surface area (Å²) < 4.78 is 0. The van der Waals surface area contributed by atoms with E-state index in [9.17, 15) is 14.4 Å². The summed E-state index contributed by atoms with van der Waals surface area (Å²) in [6.07, 6.45) is 2.59. The summed E-state index contributed by atoms with van der Waals surface area (Å²) in [5, 5.41) is 11.6. The Morgan fingerprint density at radius 3 is 2.22 bits per heavy atom. The Bertz CT molecular complexity index is 797. The molecule has 2 aromatic rings. The van der Waals surface area contributed by atoms with Gasteiger partial charge in [-0.3, -0.25) is 9.59 Å². The van der Waals surface area contributed by atoms with E-state index in [1.807, 2.05) is 0 Å². The maximum absolute atomic E-state index is 11.9. The molecule has 0 fully saturated rings. The van der Waals surface area contributed by atoms with Crippen LogP contribution in [0.1, 0.15) is 26.3 Å². The number of amides is 2. The minimum Gasteiger partial charge on any atom is -0.478 e. The first-order chi connectivity index (χ1) is 11.0. The van der Waals surface area contributed by atoms with Crippen LogP contribution in [0.3, 0.4) is 0 Å². The topological polar surface area (TPSA) is 109 Å². The minimum atomic E-state index is -1.08. The van der Waals surface area contributed by atoms with Gasteiger partial charge in [0.2, 0.25) is 5.91 Å². The van der Waals surface area contributed by atoms with E-state index in [0.717, 1.165) is 0 Å². The van der Waals surface area contributed by atoms with Crippen molar-refractivity contribution < 1.29 is 19.5 Å². The molecule has 0 atom stereocenters. The van der Waals surface area contributed by atoms with Gasteiger partial charge in [0.25, 0.3) is 5.91 Å². The minimum absolute atomic E-state index is 0.0917. The summed E-state index contributed by atoms with van der Waals surface area (Å²) in [4.78, 5) is 34.3. The monoisotopic (exact) mass is 310 g/mol. The van der Waals surface area contributed by atoms with Gasteiger partial charge < -0.3 is 16.2 Å². The van der Waals surface area contributed by atoms with Crippen molar-refractivity contribution in [2.75, 3.05) is 5.32 Å². The molecule has 0 unspecified atom stereocenters. The van der Waals surface area contributed by atoms with Crippen LogP contribution in [0.5, 0.6) is 0 Å². The van der Waals surface area contributed by atoms with Crippen LogP contribution in [-0.4, -0.2) is 22.9 Å². The van der Waals surface area contributed by atoms with E-state index in [1.54, 1.807) is 36.4 Å². The third-order valence-electron chi connectivity index (χ3n) is 3.06. The van der Waals surface area contributed by atoms with Crippen molar-refractivity contribution >= 4 is 29.5 Å². The molecule has 6 heteroatoms. The summed E-state index contributed by atoms with van der Waals surface area (Å²) >= 11 is 0. The highest BCUT2D eigenvalue weighted by Crippen LogP contribution is 2.15. The van der Waals surface area contributed by atoms with E-state index < -0.39 is 17.8 Å². The number of para-hydroxylation sites is 1. The Kier molecular flexibility index (Phi) is 4.89. The first-order valence-electron chi connectivity index (χ1n) is 6.69. The zero-order valence-electron chi connectivity index (χ0n) is 12.0. The average Bonchev–Trinajstić information content (AvgIpc) is 2.53. The summed E-state index contributed by atoms with van der Waals surface area (Å²) in [5.74, 6) is -2.23. The molecular formula is C17H14N2O4. The van der Waals surface area contributed by atoms with Crippen LogP contribution in [-0.2, 0) is 4.79 Å². The highest BCUT2D eigenvalue weighted by molar-refractivity contribution is 6.07. The second-order valence-corrected chi connectivity index (χ2v) is 4.62. The van der Waals surface area contributed by atoms with E-state index in [4.69, 9.17) is 10.8 Å². The lowest BCUT2D eigenvalue weighted by Gasteiger charge is -2.06. The van der Waals surface area contributed by atoms with Crippen molar-refractivity contribution in [2.45, 2.75) is 0 Å². The first kappa shape index (κ1) is 16.0. The Morgan fingerprint density at radius 1 is 0.957 bits per heavy atom. The second-order valence-electron chi connectivity index (χ2n) is 4.62. The number of primary amides is 1. The highest BCUT2D eigenvalue weighted by Gasteiger charge is 2.09. The standard InChI is InChI=1S/C17H14N2O4/c18-16(21)13-7-3-4-8-14(13)19-15(20)10-9-11-5-1-2-6-12(11)17(22)23/h1-10H,(H2,18,21)(H,19,20)(H,22,23)/b10-9+. The molecule has 2 amide bonds. The number of nitrogens with two attached hydrogens (primary N) is 1. The van der Waals surface area contributed by atoms with E-state index >= 15 is 0 Å². The van der Waals surface area contributed by atoms with Crippen LogP contribution >= 0.6 is 0 Å². The fraction of sp³-hybridized carbons (Fsp3) is 0. The normalized spacial score (nSPS) is 10.4. The number of carboxylic acid groups (broad SMARTS) is 1. The number of rotatable bonds is 5. The zero-order chi connectivity index (χ0) is 16.8. The van der Waals surface area contributed by atoms with Crippen LogP contribution in [0, 0.1) is 0 Å². The molecule has 23 heavy (non-hydrogen) atoms. The van der Waals surface area contributed by atoms with E-state index in [0.29, 0.717) is 11.3 Å². The van der Waals surface area contributed by atoms with Gasteiger partial charge in [-0.1, -0.05) is 30.3 Å². The molecule has 2 aromatic carbocycles. The third-order valence-corrected chi connectivity index (χ3v) is 3.06. The largest absolute Gasteiger partial charge is 0.478 e. The van der Waals surface area contributed by atoms with Crippen LogP contribution in [0.15, 0.2) is 54.6 Å². The van der Waals surface area contributed by atoms with Gasteiger partial charge in [0.15, 0.2) is 0 Å². The zero-order valence-corrected chi connectivity index (χ0v) is 12.0. The van der Waals surface area contributed by atoms with Crippen LogP contribution in [0.4, 0.5) is 5.69 Å². The molecule has 0 saturated carbocycles. The Labute approximate surface area is 132 Å². The quantitative estimate of drug-likeness (QED) is 0.735. The van der Waals surface area contributed by atoms with E-state index in [-0.39, 0.29) is 11.1 Å². The van der Waals surface area contributed by atoms with Gasteiger partial charge in [0, 0.05) is 6.08 Å². The van der Waals surface area contributed by atoms with E-state index in [1.165, 1.54) is 24.3 Å². The molecule has 0 bridgehead atoms. The molecule has 6 nitrogen and oxygen atoms in total. The number of benzene rings is 2. The summed E-state index contributed by atoms with van der Waals surface area (Å²) in [6.45, 7) is 0. The van der Waals surface area contributed by atoms with Crippen molar-refractivity contribution in [1.82, 2.24) is 0 Å². The van der Waals surface area contributed by atoms with Crippen molar-refractivity contribution in [1.29, 1.82) is 0 Å². The van der Waals surface area contributed by atoms with Gasteiger partial charge in [0.05, 0.1) is 16.8 Å². The van der Waals surface area contributed by atoms with Crippen LogP contribution in [0.2, 0.25) is 0 Å². The van der Waals surface area contributed by atoms with Gasteiger partial charge in [-0.05, 0) is 29.8 Å². The molecule has 0 heterocycles. The SMILES string of the molecule is NC(=O)c1ccccc1NC(=O)/C=C/c1ccccc1C(=O)O. The number of aromatic carboxylic acids is 1. The lowest BCUT2D eigenvalue weighted by Crippen LogP contribution is -2.16. The number of carbonyl (C=O) groups excluding carboxylic acids is 2. The molecule has 0 aliphatic heterocycles. The van der Waals surface area contributed by atoms with Gasteiger partial charge in [-0.25, -0.2) is 4.79 Å². The summed E-state index contributed by atoms with van der Waals surface area (Å²) in [5.41, 5.74) is 6.22. The molecule has 0 aliphatic carbocycles. The highest BCUT2D eigenvalue weighted by atomic mass is 16.4. The number of carboxylic acids is 1. The first-order valence-corrected chi connectivity index (χ1v) is 6.69. The Morgan fingerprint density at radius 2 is 1.57 bits per heavy atom. The van der Waals surface area contributed by atoms with Crippen molar-refractivity contribution in [2.24, 2.45) is 5.73 Å². The Hall–Kier alpha value is -3.41. The molecule has 0 aliphatic rings. The van der Waals surface area contributed by atoms with Gasteiger partial charge >= 0.3 is 5.97 Å². The van der Waals surface area contributed by atoms with E-state index in [2.05, 4.69) is 5.32 Å². The van der Waals surface area contributed by atoms with Crippen molar-refractivity contribution in [3.05, 3.63) is 71.3 Å². The lowest BCUT2D eigenvalue weighted by atomic mass is 10.1. The molecule has 0 radical (unpaired) electrons. The predicted molar refractivity (Wildman–Crippen MR) is 86.0 cm³/mol. The third kappa shape index (κ3) is 4.04. The number of nitrogens with one attached hydrogen (secondary N) is 1. The predicted octanol–water partition coefficient (Wildman–Crippen LogP) is 2.14. The molecule has 4 N–H and O–H groups in total. The fourth-order valence-electron chi connectivity index (χ4n) is 1.98. The molecular weight excluding hydrogens is 296 g/mol. The maximum Gasteiger partial charge on any atom is 0.336 e. The number of hydrogen-bond acceptors (Lipinski definition) is 3. The molecule has 2 rings (SSSR count). The molecule has 0 aromatic heterocycles. The summed E-state index contributed by atoms with van der Waals surface area (Å²) in [6, 6.07) is 12.7. The smallest absolute Gasteiger partial charge is 0.336 e. The number of hydrogen-bond donors (Lipinski definition) is 3. The lowest BCUT2D eigenvalue weighted by molar-refractivity contribution is -0.111. The van der Waals surface area contributed by atoms with Gasteiger partial charge in [-0.2, -0.15) is 0 Å². The van der Waals surface area contributed by atoms with Crippen molar-refractivity contribution in [3.63, 3.8) is 0 Å². The molecule has 116 valence electrons. The Balaban J connectivity index is 2.18. The number of anilines is 1. The van der Waals surface area contributed by atoms with Gasteiger partial charge in [-0.15, -0.1) is 0 Å². The second kappa shape index (κ2) is 7.04. The molecule has 0 saturated heterocycles. The fourth-order valence-corrected chi connectivity index (χ4v) is 1.98. The summed E-state index contributed by atoms with van der Waals surface area (Å²) in [7, 11) is 0. The van der Waals surface area contributed by atoms with Crippen LogP contribution < -0.4 is 11.1 Å². The van der Waals surface area contributed by atoms with Gasteiger partial charge in [0.1, 0.15) is 0 Å². The number of carbonyl (C=O) groups is 3. The van der Waals surface area contributed by atoms with Crippen molar-refractivity contribution in [3.8, 4) is 0 Å².